The van der Waals surface area contributed by atoms with E-state index >= 15 is 0 Å². The van der Waals surface area contributed by atoms with Gasteiger partial charge in [-0.15, -0.1) is 0 Å². The Bertz CT molecular complexity index is 386. The highest BCUT2D eigenvalue weighted by Gasteiger charge is 2.16. The number of rotatable bonds is 3. The third kappa shape index (κ3) is 2.62. The molecule has 0 saturated carbocycles. The summed E-state index contributed by atoms with van der Waals surface area (Å²) < 4.78 is 30.3. The summed E-state index contributed by atoms with van der Waals surface area (Å²) in [6, 6.07) is 5.44. The molecular formula is C11H10F2O2. The molecule has 2 nitrogen and oxygen atoms in total. The number of hydrogen-bond acceptors (Lipinski definition) is 2. The van der Waals surface area contributed by atoms with Gasteiger partial charge in [-0.25, -0.2) is 13.6 Å². The fourth-order valence-corrected chi connectivity index (χ4v) is 1.10. The minimum atomic E-state index is -0.870. The smallest absolute Gasteiger partial charge is 0.341 e. The number of benzene rings is 1. The topological polar surface area (TPSA) is 26.3 Å². The lowest BCUT2D eigenvalue weighted by Crippen LogP contribution is -2.07. The average molecular weight is 212 g/mol. The maximum Gasteiger partial charge on any atom is 0.341 e. The number of hydrogen-bond donors (Lipinski definition) is 0. The molecule has 0 spiro atoms. The lowest BCUT2D eigenvalue weighted by molar-refractivity contribution is -0.136. The summed E-state index contributed by atoms with van der Waals surface area (Å²) >= 11 is 0. The van der Waals surface area contributed by atoms with Crippen molar-refractivity contribution in [2.24, 2.45) is 0 Å². The van der Waals surface area contributed by atoms with E-state index in [1.165, 1.54) is 18.2 Å². The normalized spacial score (nSPS) is 11.3. The number of halogens is 2. The third-order valence-corrected chi connectivity index (χ3v) is 1.77. The van der Waals surface area contributed by atoms with E-state index in [4.69, 9.17) is 0 Å². The second-order valence-electron chi connectivity index (χ2n) is 2.72. The van der Waals surface area contributed by atoms with Crippen LogP contribution in [0.4, 0.5) is 8.78 Å². The van der Waals surface area contributed by atoms with Crippen molar-refractivity contribution >= 4 is 11.5 Å². The van der Waals surface area contributed by atoms with Crippen LogP contribution in [0.25, 0.3) is 5.57 Å². The van der Waals surface area contributed by atoms with E-state index in [0.29, 0.717) is 0 Å². The molecule has 0 unspecified atom stereocenters. The molecule has 1 rings (SSSR count). The van der Waals surface area contributed by atoms with Gasteiger partial charge in [-0.3, -0.25) is 0 Å². The van der Waals surface area contributed by atoms with Gasteiger partial charge in [0.2, 0.25) is 0 Å². The summed E-state index contributed by atoms with van der Waals surface area (Å²) in [4.78, 5) is 11.2. The molecule has 0 radical (unpaired) electrons. The predicted molar refractivity (Wildman–Crippen MR) is 52.1 cm³/mol. The molecule has 0 bridgehead atoms. The van der Waals surface area contributed by atoms with Gasteiger partial charge in [0.25, 0.3) is 0 Å². The molecule has 0 aliphatic heterocycles. The minimum absolute atomic E-state index is 0.0520. The SMILES string of the molecule is CCOC(=O)/C(=C/F)c1ccccc1F. The van der Waals surface area contributed by atoms with E-state index in [1.54, 1.807) is 6.92 Å². The molecule has 4 heteroatoms. The maximum absolute atomic E-state index is 13.2. The lowest BCUT2D eigenvalue weighted by Gasteiger charge is -2.05. The Labute approximate surface area is 86.2 Å². The molecule has 0 saturated heterocycles. The molecule has 0 aliphatic carbocycles. The van der Waals surface area contributed by atoms with Gasteiger partial charge in [0.05, 0.1) is 12.2 Å². The van der Waals surface area contributed by atoms with Crippen LogP contribution in [0.15, 0.2) is 30.6 Å². The Morgan fingerprint density at radius 2 is 2.13 bits per heavy atom. The lowest BCUT2D eigenvalue weighted by atomic mass is 10.1. The van der Waals surface area contributed by atoms with Crippen molar-refractivity contribution in [3.8, 4) is 0 Å². The first-order chi connectivity index (χ1) is 7.20. The molecule has 80 valence electrons. The molecule has 0 fully saturated rings. The number of ether oxygens (including phenoxy) is 1. The van der Waals surface area contributed by atoms with Crippen LogP contribution in [0, 0.1) is 5.82 Å². The molecule has 0 heterocycles. The Morgan fingerprint density at radius 1 is 1.47 bits per heavy atom. The van der Waals surface area contributed by atoms with Crippen LogP contribution < -0.4 is 0 Å². The Balaban J connectivity index is 3.04. The second-order valence-corrected chi connectivity index (χ2v) is 2.72. The summed E-state index contributed by atoms with van der Waals surface area (Å²) in [5.74, 6) is -1.53. The molecule has 0 amide bonds. The van der Waals surface area contributed by atoms with E-state index in [-0.39, 0.29) is 18.5 Å². The Kier molecular flexibility index (Phi) is 3.97. The standard InChI is InChI=1S/C11H10F2O2/c1-2-15-11(14)9(7-12)8-5-3-4-6-10(8)13/h3-7H,2H2,1H3/b9-7+. The quantitative estimate of drug-likeness (QED) is 0.568. The van der Waals surface area contributed by atoms with Crippen molar-refractivity contribution in [3.05, 3.63) is 42.0 Å². The van der Waals surface area contributed by atoms with Gasteiger partial charge in [-0.2, -0.15) is 0 Å². The van der Waals surface area contributed by atoms with Crippen molar-refractivity contribution in [2.45, 2.75) is 6.92 Å². The van der Waals surface area contributed by atoms with Crippen LogP contribution in [0.2, 0.25) is 0 Å². The average Bonchev–Trinajstić information content (AvgIpc) is 2.22. The highest BCUT2D eigenvalue weighted by molar-refractivity contribution is 6.16. The van der Waals surface area contributed by atoms with Crippen molar-refractivity contribution in [1.82, 2.24) is 0 Å². The molecule has 0 N–H and O–H groups in total. The molecular weight excluding hydrogens is 202 g/mol. The summed E-state index contributed by atoms with van der Waals surface area (Å²) in [7, 11) is 0. The summed E-state index contributed by atoms with van der Waals surface area (Å²) in [5, 5.41) is 0. The molecule has 0 aromatic heterocycles. The van der Waals surface area contributed by atoms with Crippen LogP contribution in [-0.2, 0) is 9.53 Å². The van der Waals surface area contributed by atoms with Crippen molar-refractivity contribution in [1.29, 1.82) is 0 Å². The third-order valence-electron chi connectivity index (χ3n) is 1.77. The molecule has 1 aromatic carbocycles. The highest BCUT2D eigenvalue weighted by Crippen LogP contribution is 2.19. The summed E-state index contributed by atoms with van der Waals surface area (Å²) in [6.07, 6.45) is 0.0520. The highest BCUT2D eigenvalue weighted by atomic mass is 19.1. The van der Waals surface area contributed by atoms with Gasteiger partial charge < -0.3 is 4.74 Å². The number of carbonyl (C=O) groups is 1. The van der Waals surface area contributed by atoms with Gasteiger partial charge in [-0.1, -0.05) is 18.2 Å². The Morgan fingerprint density at radius 3 is 2.67 bits per heavy atom. The fourth-order valence-electron chi connectivity index (χ4n) is 1.10. The van der Waals surface area contributed by atoms with Gasteiger partial charge in [-0.05, 0) is 13.0 Å². The van der Waals surface area contributed by atoms with Crippen LogP contribution in [0.1, 0.15) is 12.5 Å². The monoisotopic (exact) mass is 212 g/mol. The van der Waals surface area contributed by atoms with Gasteiger partial charge in [0.15, 0.2) is 0 Å². The molecule has 0 atom stereocenters. The summed E-state index contributed by atoms with van der Waals surface area (Å²) in [6.45, 7) is 1.71. The molecule has 0 aliphatic rings. The van der Waals surface area contributed by atoms with E-state index < -0.39 is 17.4 Å². The van der Waals surface area contributed by atoms with Crippen molar-refractivity contribution < 1.29 is 18.3 Å². The first-order valence-corrected chi connectivity index (χ1v) is 4.43. The minimum Gasteiger partial charge on any atom is -0.462 e. The second kappa shape index (κ2) is 5.24. The maximum atomic E-state index is 13.2. The molecule has 1 aromatic rings. The predicted octanol–water partition coefficient (Wildman–Crippen LogP) is 2.70. The number of esters is 1. The van der Waals surface area contributed by atoms with Crippen LogP contribution >= 0.6 is 0 Å². The Hall–Kier alpha value is -1.71. The van der Waals surface area contributed by atoms with Crippen LogP contribution in [-0.4, -0.2) is 12.6 Å². The van der Waals surface area contributed by atoms with Crippen LogP contribution in [0.5, 0.6) is 0 Å². The van der Waals surface area contributed by atoms with E-state index in [2.05, 4.69) is 4.74 Å². The zero-order chi connectivity index (χ0) is 11.3. The first-order valence-electron chi connectivity index (χ1n) is 4.43. The van der Waals surface area contributed by atoms with E-state index in [1.807, 2.05) is 0 Å². The zero-order valence-corrected chi connectivity index (χ0v) is 8.17. The van der Waals surface area contributed by atoms with Gasteiger partial charge in [0, 0.05) is 5.56 Å². The van der Waals surface area contributed by atoms with Gasteiger partial charge >= 0.3 is 5.97 Å². The van der Waals surface area contributed by atoms with E-state index in [9.17, 15) is 13.6 Å². The zero-order valence-electron chi connectivity index (χ0n) is 8.17. The molecule has 15 heavy (non-hydrogen) atoms. The first kappa shape index (κ1) is 11.4. The van der Waals surface area contributed by atoms with Crippen LogP contribution in [0.3, 0.4) is 0 Å². The van der Waals surface area contributed by atoms with Gasteiger partial charge in [0.1, 0.15) is 12.1 Å². The van der Waals surface area contributed by atoms with E-state index in [0.717, 1.165) is 6.07 Å². The fraction of sp³-hybridized carbons (Fsp3) is 0.182. The number of carbonyl (C=O) groups excluding carboxylic acids is 1. The van der Waals surface area contributed by atoms with Crippen molar-refractivity contribution in [2.75, 3.05) is 6.61 Å². The summed E-state index contributed by atoms with van der Waals surface area (Å²) in [5.41, 5.74) is -0.506. The van der Waals surface area contributed by atoms with Crippen molar-refractivity contribution in [3.63, 3.8) is 0 Å². The largest absolute Gasteiger partial charge is 0.462 e.